The van der Waals surface area contributed by atoms with Gasteiger partial charge in [0.25, 0.3) is 0 Å². The second-order valence-corrected chi connectivity index (χ2v) is 6.57. The van der Waals surface area contributed by atoms with Crippen LogP contribution >= 0.6 is 0 Å². The molecule has 0 aromatic heterocycles. The van der Waals surface area contributed by atoms with Crippen LogP contribution in [0.5, 0.6) is 0 Å². The normalized spacial score (nSPS) is 30.2. The molecule has 0 aromatic rings. The van der Waals surface area contributed by atoms with Crippen molar-refractivity contribution in [1.82, 2.24) is 9.80 Å². The second-order valence-electron chi connectivity index (χ2n) is 6.57. The van der Waals surface area contributed by atoms with E-state index in [1.165, 1.54) is 12.8 Å². The summed E-state index contributed by atoms with van der Waals surface area (Å²) in [5, 5.41) is 0. The van der Waals surface area contributed by atoms with Crippen LogP contribution in [0.1, 0.15) is 32.1 Å². The highest BCUT2D eigenvalue weighted by Gasteiger charge is 2.45. The predicted molar refractivity (Wildman–Crippen MR) is 77.3 cm³/mol. The van der Waals surface area contributed by atoms with Crippen LogP contribution in [0.25, 0.3) is 0 Å². The van der Waals surface area contributed by atoms with E-state index >= 15 is 0 Å². The van der Waals surface area contributed by atoms with E-state index in [-0.39, 0.29) is 5.41 Å². The maximum Gasteiger partial charge on any atom is 0.230 e. The lowest BCUT2D eigenvalue weighted by atomic mass is 9.67. The van der Waals surface area contributed by atoms with Gasteiger partial charge in [-0.05, 0) is 25.7 Å². The summed E-state index contributed by atoms with van der Waals surface area (Å²) in [6.07, 6.45) is 5.93. The quantitative estimate of drug-likeness (QED) is 0.812. The van der Waals surface area contributed by atoms with Crippen LogP contribution in [0.3, 0.4) is 0 Å². The largest absolute Gasteiger partial charge is 0.377 e. The molecular weight excluding hydrogens is 254 g/mol. The average molecular weight is 281 g/mol. The molecule has 3 fully saturated rings. The van der Waals surface area contributed by atoms with Crippen LogP contribution in [0, 0.1) is 5.41 Å². The van der Waals surface area contributed by atoms with Gasteiger partial charge in [-0.25, -0.2) is 0 Å². The lowest BCUT2D eigenvalue weighted by Crippen LogP contribution is -2.57. The molecule has 1 atom stereocenters. The lowest BCUT2D eigenvalue weighted by molar-refractivity contribution is -0.148. The Balaban J connectivity index is 1.47. The summed E-state index contributed by atoms with van der Waals surface area (Å²) >= 11 is 0. The molecule has 3 rings (SSSR count). The number of nitrogens with zero attached hydrogens (tertiary/aromatic N) is 2. The van der Waals surface area contributed by atoms with Crippen molar-refractivity contribution in [2.75, 3.05) is 45.9 Å². The van der Waals surface area contributed by atoms with Crippen molar-refractivity contribution in [3.8, 4) is 0 Å². The van der Waals surface area contributed by atoms with Crippen molar-refractivity contribution in [1.29, 1.82) is 0 Å². The van der Waals surface area contributed by atoms with Crippen molar-refractivity contribution in [2.24, 2.45) is 11.1 Å². The van der Waals surface area contributed by atoms with Crippen LogP contribution in [0.4, 0.5) is 0 Å². The van der Waals surface area contributed by atoms with E-state index in [2.05, 4.69) is 4.90 Å². The molecule has 1 unspecified atom stereocenters. The minimum absolute atomic E-state index is 0.212. The molecular formula is C15H27N3O2. The maximum absolute atomic E-state index is 12.6. The van der Waals surface area contributed by atoms with E-state index in [1.54, 1.807) is 0 Å². The molecule has 1 saturated carbocycles. The Morgan fingerprint density at radius 1 is 1.20 bits per heavy atom. The van der Waals surface area contributed by atoms with Crippen molar-refractivity contribution in [3.63, 3.8) is 0 Å². The number of carbonyl (C=O) groups is 1. The Bertz CT molecular complexity index is 338. The molecule has 2 heterocycles. The molecule has 2 aliphatic heterocycles. The van der Waals surface area contributed by atoms with Crippen molar-refractivity contribution in [3.05, 3.63) is 0 Å². The molecule has 3 aliphatic rings. The highest BCUT2D eigenvalue weighted by Crippen LogP contribution is 2.41. The molecule has 0 radical (unpaired) electrons. The Kier molecular flexibility index (Phi) is 4.29. The van der Waals surface area contributed by atoms with Crippen LogP contribution in [0.2, 0.25) is 0 Å². The van der Waals surface area contributed by atoms with E-state index in [4.69, 9.17) is 10.5 Å². The van der Waals surface area contributed by atoms with E-state index in [0.717, 1.165) is 58.6 Å². The summed E-state index contributed by atoms with van der Waals surface area (Å²) in [6, 6.07) is 0. The number of hydrogen-bond acceptors (Lipinski definition) is 4. The third-order valence-electron chi connectivity index (χ3n) is 5.30. The molecule has 1 amide bonds. The van der Waals surface area contributed by atoms with E-state index in [1.807, 2.05) is 4.90 Å². The number of carbonyl (C=O) groups excluding carboxylic acids is 1. The van der Waals surface area contributed by atoms with Gasteiger partial charge in [-0.1, -0.05) is 6.42 Å². The molecule has 2 saturated heterocycles. The van der Waals surface area contributed by atoms with Crippen molar-refractivity contribution < 1.29 is 9.53 Å². The molecule has 114 valence electrons. The van der Waals surface area contributed by atoms with Gasteiger partial charge >= 0.3 is 0 Å². The van der Waals surface area contributed by atoms with Crippen LogP contribution < -0.4 is 5.73 Å². The van der Waals surface area contributed by atoms with Gasteiger partial charge in [-0.15, -0.1) is 0 Å². The van der Waals surface area contributed by atoms with E-state index in [9.17, 15) is 4.79 Å². The van der Waals surface area contributed by atoms with Gasteiger partial charge in [-0.3, -0.25) is 9.69 Å². The Hall–Kier alpha value is -0.650. The lowest BCUT2D eigenvalue weighted by Gasteiger charge is -2.45. The summed E-state index contributed by atoms with van der Waals surface area (Å²) in [6.45, 7) is 6.13. The van der Waals surface area contributed by atoms with Crippen LogP contribution in [0.15, 0.2) is 0 Å². The van der Waals surface area contributed by atoms with Gasteiger partial charge in [-0.2, -0.15) is 0 Å². The number of ether oxygens (including phenoxy) is 1. The number of nitrogens with two attached hydrogens (primary N) is 1. The minimum Gasteiger partial charge on any atom is -0.377 e. The molecule has 5 nitrogen and oxygen atoms in total. The summed E-state index contributed by atoms with van der Waals surface area (Å²) in [5.74, 6) is 0.308. The number of hydrogen-bond donors (Lipinski definition) is 1. The first-order valence-electron chi connectivity index (χ1n) is 8.07. The maximum atomic E-state index is 12.6. The summed E-state index contributed by atoms with van der Waals surface area (Å²) in [4.78, 5) is 17.1. The topological polar surface area (TPSA) is 58.8 Å². The highest BCUT2D eigenvalue weighted by atomic mass is 16.5. The SMILES string of the molecule is NCC1(C(=O)N2CCN(CC3CCCO3)CC2)CCC1. The number of rotatable bonds is 4. The van der Waals surface area contributed by atoms with Gasteiger partial charge in [0.05, 0.1) is 11.5 Å². The third kappa shape index (κ3) is 2.71. The predicted octanol–water partition coefficient (Wildman–Crippen LogP) is 0.439. The smallest absolute Gasteiger partial charge is 0.230 e. The Morgan fingerprint density at radius 3 is 2.45 bits per heavy atom. The highest BCUT2D eigenvalue weighted by molar-refractivity contribution is 5.84. The summed E-state index contributed by atoms with van der Waals surface area (Å²) in [5.41, 5.74) is 5.63. The van der Waals surface area contributed by atoms with Gasteiger partial charge in [0, 0.05) is 45.9 Å². The van der Waals surface area contributed by atoms with E-state index in [0.29, 0.717) is 18.6 Å². The Morgan fingerprint density at radius 2 is 1.95 bits per heavy atom. The first-order chi connectivity index (χ1) is 9.73. The fraction of sp³-hybridized carbons (Fsp3) is 0.933. The summed E-state index contributed by atoms with van der Waals surface area (Å²) in [7, 11) is 0. The zero-order valence-corrected chi connectivity index (χ0v) is 12.4. The fourth-order valence-corrected chi connectivity index (χ4v) is 3.65. The van der Waals surface area contributed by atoms with Crippen LogP contribution in [-0.2, 0) is 9.53 Å². The molecule has 2 N–H and O–H groups in total. The van der Waals surface area contributed by atoms with Gasteiger partial charge in [0.1, 0.15) is 0 Å². The zero-order chi connectivity index (χ0) is 14.0. The molecule has 0 aromatic carbocycles. The van der Waals surface area contributed by atoms with Crippen molar-refractivity contribution in [2.45, 2.75) is 38.2 Å². The summed E-state index contributed by atoms with van der Waals surface area (Å²) < 4.78 is 5.69. The van der Waals surface area contributed by atoms with Gasteiger partial charge in [0.2, 0.25) is 5.91 Å². The number of amides is 1. The first-order valence-corrected chi connectivity index (χ1v) is 8.07. The molecule has 1 aliphatic carbocycles. The molecule has 5 heteroatoms. The zero-order valence-electron chi connectivity index (χ0n) is 12.4. The molecule has 0 bridgehead atoms. The standard InChI is InChI=1S/C15H27N3O2/c16-12-15(4-2-5-15)14(19)18-8-6-17(7-9-18)11-13-3-1-10-20-13/h13H,1-12,16H2. The van der Waals surface area contributed by atoms with Crippen molar-refractivity contribution >= 4 is 5.91 Å². The Labute approximate surface area is 121 Å². The fourth-order valence-electron chi connectivity index (χ4n) is 3.65. The monoisotopic (exact) mass is 281 g/mol. The first kappa shape index (κ1) is 14.3. The van der Waals surface area contributed by atoms with Gasteiger partial charge < -0.3 is 15.4 Å². The molecule has 20 heavy (non-hydrogen) atoms. The average Bonchev–Trinajstić information content (AvgIpc) is 2.92. The second kappa shape index (κ2) is 6.00. The molecule has 0 spiro atoms. The van der Waals surface area contributed by atoms with E-state index < -0.39 is 0 Å². The third-order valence-corrected chi connectivity index (χ3v) is 5.30. The number of piperazine rings is 1. The van der Waals surface area contributed by atoms with Gasteiger partial charge in [0.15, 0.2) is 0 Å². The minimum atomic E-state index is -0.212. The van der Waals surface area contributed by atoms with Crippen LogP contribution in [-0.4, -0.2) is 67.7 Å².